The van der Waals surface area contributed by atoms with Crippen LogP contribution in [0.1, 0.15) is 11.1 Å². The maximum atomic E-state index is 10.3. The molecule has 0 saturated carbocycles. The number of ether oxygens (including phenoxy) is 1. The van der Waals surface area contributed by atoms with E-state index in [4.69, 9.17) is 5.11 Å². The Morgan fingerprint density at radius 3 is 2.25 bits per heavy atom. The molecule has 0 spiro atoms. The summed E-state index contributed by atoms with van der Waals surface area (Å²) in [6.07, 6.45) is -1.27. The van der Waals surface area contributed by atoms with E-state index in [9.17, 15) is 4.79 Å². The summed E-state index contributed by atoms with van der Waals surface area (Å²) in [6.45, 7) is 3.62. The van der Waals surface area contributed by atoms with Crippen molar-refractivity contribution in [3.63, 3.8) is 0 Å². The van der Waals surface area contributed by atoms with E-state index in [0.29, 0.717) is 5.75 Å². The Kier molecular flexibility index (Phi) is 2.33. The molecule has 0 amide bonds. The Labute approximate surface area is 70.6 Å². The first-order chi connectivity index (χ1) is 5.61. The molecule has 1 N–H and O–H groups in total. The van der Waals surface area contributed by atoms with Crippen molar-refractivity contribution in [1.82, 2.24) is 0 Å². The van der Waals surface area contributed by atoms with Gasteiger partial charge in [-0.3, -0.25) is 0 Å². The Bertz CT molecular complexity index is 284. The van der Waals surface area contributed by atoms with E-state index < -0.39 is 6.16 Å². The van der Waals surface area contributed by atoms with Crippen LogP contribution in [-0.2, 0) is 0 Å². The van der Waals surface area contributed by atoms with Gasteiger partial charge in [0.05, 0.1) is 0 Å². The van der Waals surface area contributed by atoms with Crippen LogP contribution in [0.2, 0.25) is 0 Å². The quantitative estimate of drug-likeness (QED) is 0.514. The fourth-order valence-electron chi connectivity index (χ4n) is 1.05. The Hall–Kier alpha value is -1.51. The second-order valence-electron chi connectivity index (χ2n) is 2.59. The summed E-state index contributed by atoms with van der Waals surface area (Å²) in [5, 5.41) is 8.39. The van der Waals surface area contributed by atoms with E-state index in [1.807, 2.05) is 32.0 Å². The van der Waals surface area contributed by atoms with Crippen molar-refractivity contribution in [3.05, 3.63) is 29.3 Å². The van der Waals surface area contributed by atoms with Gasteiger partial charge >= 0.3 is 6.16 Å². The Morgan fingerprint density at radius 2 is 1.83 bits per heavy atom. The zero-order valence-corrected chi connectivity index (χ0v) is 7.00. The van der Waals surface area contributed by atoms with E-state index in [1.54, 1.807) is 0 Å². The van der Waals surface area contributed by atoms with E-state index in [-0.39, 0.29) is 0 Å². The van der Waals surface area contributed by atoms with E-state index in [2.05, 4.69) is 4.74 Å². The lowest BCUT2D eigenvalue weighted by Gasteiger charge is -2.06. The van der Waals surface area contributed by atoms with Crippen LogP contribution in [0.15, 0.2) is 18.2 Å². The molecule has 0 fully saturated rings. The zero-order chi connectivity index (χ0) is 9.14. The number of rotatable bonds is 1. The molecule has 3 heteroatoms. The first kappa shape index (κ1) is 8.59. The molecular weight excluding hydrogens is 156 g/mol. The van der Waals surface area contributed by atoms with E-state index in [0.717, 1.165) is 11.1 Å². The third-order valence-corrected chi connectivity index (χ3v) is 1.60. The number of aryl methyl sites for hydroxylation is 2. The van der Waals surface area contributed by atoms with Gasteiger partial charge in [0, 0.05) is 0 Å². The highest BCUT2D eigenvalue weighted by atomic mass is 16.7. The van der Waals surface area contributed by atoms with Crippen molar-refractivity contribution in [1.29, 1.82) is 0 Å². The summed E-state index contributed by atoms with van der Waals surface area (Å²) in [6, 6.07) is 5.48. The Morgan fingerprint density at radius 1 is 1.33 bits per heavy atom. The van der Waals surface area contributed by atoms with Crippen LogP contribution < -0.4 is 4.74 Å². The van der Waals surface area contributed by atoms with Gasteiger partial charge in [-0.2, -0.15) is 0 Å². The van der Waals surface area contributed by atoms with Gasteiger partial charge in [-0.1, -0.05) is 18.2 Å². The number of benzene rings is 1. The molecule has 0 radical (unpaired) electrons. The van der Waals surface area contributed by atoms with Crippen molar-refractivity contribution in [2.24, 2.45) is 0 Å². The normalized spacial score (nSPS) is 9.50. The van der Waals surface area contributed by atoms with Crippen LogP contribution in [0.3, 0.4) is 0 Å². The van der Waals surface area contributed by atoms with Crippen LogP contribution in [0.25, 0.3) is 0 Å². The summed E-state index contributed by atoms with van der Waals surface area (Å²) in [7, 11) is 0. The minimum Gasteiger partial charge on any atom is -0.449 e. The predicted octanol–water partition coefficient (Wildman–Crippen LogP) is 2.36. The molecule has 12 heavy (non-hydrogen) atoms. The summed E-state index contributed by atoms with van der Waals surface area (Å²) in [5.41, 5.74) is 1.66. The summed E-state index contributed by atoms with van der Waals surface area (Å²) >= 11 is 0. The van der Waals surface area contributed by atoms with Gasteiger partial charge in [0.25, 0.3) is 0 Å². The fourth-order valence-corrected chi connectivity index (χ4v) is 1.05. The molecule has 0 aromatic heterocycles. The third kappa shape index (κ3) is 1.75. The average Bonchev–Trinajstić information content (AvgIpc) is 1.97. The smallest absolute Gasteiger partial charge is 0.449 e. The summed E-state index contributed by atoms with van der Waals surface area (Å²) in [4.78, 5) is 10.3. The number of hydrogen-bond acceptors (Lipinski definition) is 2. The third-order valence-electron chi connectivity index (χ3n) is 1.60. The number of para-hydroxylation sites is 1. The van der Waals surface area contributed by atoms with Crippen LogP contribution >= 0.6 is 0 Å². The fraction of sp³-hybridized carbons (Fsp3) is 0.222. The monoisotopic (exact) mass is 166 g/mol. The van der Waals surface area contributed by atoms with Gasteiger partial charge in [-0.25, -0.2) is 4.79 Å². The maximum Gasteiger partial charge on any atom is 0.511 e. The molecule has 64 valence electrons. The van der Waals surface area contributed by atoms with Gasteiger partial charge in [-0.15, -0.1) is 0 Å². The molecule has 0 unspecified atom stereocenters. The van der Waals surface area contributed by atoms with Crippen LogP contribution in [0, 0.1) is 13.8 Å². The van der Waals surface area contributed by atoms with Crippen LogP contribution in [0.4, 0.5) is 4.79 Å². The van der Waals surface area contributed by atoms with Crippen molar-refractivity contribution in [2.45, 2.75) is 13.8 Å². The largest absolute Gasteiger partial charge is 0.511 e. The molecule has 0 aliphatic carbocycles. The highest BCUT2D eigenvalue weighted by molar-refractivity contribution is 5.63. The van der Waals surface area contributed by atoms with Crippen LogP contribution in [-0.4, -0.2) is 11.3 Å². The molecule has 0 saturated heterocycles. The highest BCUT2D eigenvalue weighted by Crippen LogP contribution is 2.22. The maximum absolute atomic E-state index is 10.3. The molecule has 0 heterocycles. The highest BCUT2D eigenvalue weighted by Gasteiger charge is 2.06. The first-order valence-electron chi connectivity index (χ1n) is 3.58. The molecule has 0 bridgehead atoms. The molecule has 1 rings (SSSR count). The lowest BCUT2D eigenvalue weighted by molar-refractivity contribution is 0.144. The second-order valence-corrected chi connectivity index (χ2v) is 2.59. The van der Waals surface area contributed by atoms with Crippen molar-refractivity contribution in [3.8, 4) is 5.75 Å². The minimum absolute atomic E-state index is 0.435. The summed E-state index contributed by atoms with van der Waals surface area (Å²) in [5.74, 6) is 0.435. The van der Waals surface area contributed by atoms with Gasteiger partial charge in [-0.05, 0) is 25.0 Å². The number of carboxylic acid groups (broad SMARTS) is 1. The van der Waals surface area contributed by atoms with Gasteiger partial charge in [0.1, 0.15) is 5.75 Å². The molecule has 1 aromatic carbocycles. The average molecular weight is 166 g/mol. The standard InChI is InChI=1S/C9H10O3/c1-6-4-3-5-7(2)8(6)12-9(10)11/h3-5H,1-2H3,(H,10,11). The number of carbonyl (C=O) groups is 1. The van der Waals surface area contributed by atoms with Crippen molar-refractivity contribution < 1.29 is 14.6 Å². The minimum atomic E-state index is -1.27. The molecule has 0 aliphatic heterocycles. The molecule has 0 atom stereocenters. The van der Waals surface area contributed by atoms with Gasteiger partial charge in [0.2, 0.25) is 0 Å². The van der Waals surface area contributed by atoms with Crippen molar-refractivity contribution >= 4 is 6.16 Å². The predicted molar refractivity (Wildman–Crippen MR) is 44.6 cm³/mol. The molecular formula is C9H10O3. The zero-order valence-electron chi connectivity index (χ0n) is 7.00. The van der Waals surface area contributed by atoms with Gasteiger partial charge in [0.15, 0.2) is 0 Å². The molecule has 1 aromatic rings. The van der Waals surface area contributed by atoms with E-state index >= 15 is 0 Å². The first-order valence-corrected chi connectivity index (χ1v) is 3.58. The molecule has 3 nitrogen and oxygen atoms in total. The SMILES string of the molecule is Cc1cccc(C)c1OC(=O)O. The Balaban J connectivity index is 3.04. The van der Waals surface area contributed by atoms with Gasteiger partial charge < -0.3 is 9.84 Å². The summed E-state index contributed by atoms with van der Waals surface area (Å²) < 4.78 is 4.59. The topological polar surface area (TPSA) is 46.5 Å². The van der Waals surface area contributed by atoms with Crippen molar-refractivity contribution in [2.75, 3.05) is 0 Å². The lowest BCUT2D eigenvalue weighted by Crippen LogP contribution is -2.05. The van der Waals surface area contributed by atoms with Crippen LogP contribution in [0.5, 0.6) is 5.75 Å². The second kappa shape index (κ2) is 3.26. The molecule has 0 aliphatic rings. The lowest BCUT2D eigenvalue weighted by atomic mass is 10.1. The van der Waals surface area contributed by atoms with E-state index in [1.165, 1.54) is 0 Å². The number of hydrogen-bond donors (Lipinski definition) is 1.